The second kappa shape index (κ2) is 6.39. The van der Waals surface area contributed by atoms with E-state index in [1.54, 1.807) is 0 Å². The minimum atomic E-state index is -0.158. The Kier molecular flexibility index (Phi) is 6.35. The van der Waals surface area contributed by atoms with Crippen molar-refractivity contribution in [3.05, 3.63) is 0 Å². The highest BCUT2D eigenvalue weighted by molar-refractivity contribution is 4.71. The average molecular weight is 187 g/mol. The first kappa shape index (κ1) is 12.9. The van der Waals surface area contributed by atoms with Gasteiger partial charge in [-0.2, -0.15) is 0 Å². The summed E-state index contributed by atoms with van der Waals surface area (Å²) in [6.45, 7) is 11.6. The molecule has 0 aliphatic heterocycles. The van der Waals surface area contributed by atoms with Crippen molar-refractivity contribution in [2.75, 3.05) is 6.54 Å². The molecule has 2 nitrogen and oxygen atoms in total. The van der Waals surface area contributed by atoms with E-state index in [0.29, 0.717) is 12.1 Å². The molecule has 13 heavy (non-hydrogen) atoms. The molecular formula is C11H25NO. The fourth-order valence-corrected chi connectivity index (χ4v) is 1.69. The van der Waals surface area contributed by atoms with Crippen LogP contribution in [-0.4, -0.2) is 34.7 Å². The number of rotatable bonds is 6. The van der Waals surface area contributed by atoms with Gasteiger partial charge in [0.15, 0.2) is 0 Å². The van der Waals surface area contributed by atoms with Crippen molar-refractivity contribution >= 4 is 0 Å². The van der Waals surface area contributed by atoms with Crippen LogP contribution in [0.25, 0.3) is 0 Å². The summed E-state index contributed by atoms with van der Waals surface area (Å²) in [6, 6.07) is 1.04. The summed E-state index contributed by atoms with van der Waals surface area (Å²) >= 11 is 0. The van der Waals surface area contributed by atoms with Crippen molar-refractivity contribution < 1.29 is 5.11 Å². The van der Waals surface area contributed by atoms with Gasteiger partial charge in [-0.05, 0) is 34.1 Å². The Hall–Kier alpha value is -0.0800. The number of nitrogens with zero attached hydrogens (tertiary/aromatic N) is 1. The first-order valence-corrected chi connectivity index (χ1v) is 5.42. The molecule has 0 aromatic heterocycles. The first-order valence-electron chi connectivity index (χ1n) is 5.42. The Morgan fingerprint density at radius 1 is 1.08 bits per heavy atom. The van der Waals surface area contributed by atoms with Gasteiger partial charge < -0.3 is 5.11 Å². The van der Waals surface area contributed by atoms with Gasteiger partial charge in [0.05, 0.1) is 6.10 Å². The monoisotopic (exact) mass is 187 g/mol. The number of aliphatic hydroxyl groups is 1. The Morgan fingerprint density at radius 3 is 1.85 bits per heavy atom. The highest BCUT2D eigenvalue weighted by atomic mass is 16.3. The van der Waals surface area contributed by atoms with Crippen LogP contribution in [0.5, 0.6) is 0 Å². The molecule has 0 aromatic carbocycles. The average Bonchev–Trinajstić information content (AvgIpc) is 1.99. The minimum absolute atomic E-state index is 0.158. The molecule has 0 saturated heterocycles. The van der Waals surface area contributed by atoms with Crippen molar-refractivity contribution in [1.29, 1.82) is 0 Å². The van der Waals surface area contributed by atoms with Crippen LogP contribution in [0.1, 0.15) is 47.5 Å². The predicted molar refractivity (Wildman–Crippen MR) is 57.9 cm³/mol. The maximum absolute atomic E-state index is 9.68. The molecule has 2 heteroatoms. The number of hydrogen-bond acceptors (Lipinski definition) is 2. The molecule has 0 heterocycles. The lowest BCUT2D eigenvalue weighted by molar-refractivity contribution is 0.0703. The Bertz CT molecular complexity index is 115. The molecule has 0 aromatic rings. The number of aliphatic hydroxyl groups excluding tert-OH is 1. The van der Waals surface area contributed by atoms with E-state index in [0.717, 1.165) is 19.4 Å². The lowest BCUT2D eigenvalue weighted by atomic mass is 10.1. The molecule has 0 rings (SSSR count). The highest BCUT2D eigenvalue weighted by Crippen LogP contribution is 2.08. The lowest BCUT2D eigenvalue weighted by Gasteiger charge is -2.32. The van der Waals surface area contributed by atoms with Gasteiger partial charge in [0, 0.05) is 18.6 Å². The van der Waals surface area contributed by atoms with Crippen LogP contribution in [0.3, 0.4) is 0 Å². The van der Waals surface area contributed by atoms with Crippen molar-refractivity contribution in [2.24, 2.45) is 0 Å². The molecule has 1 N–H and O–H groups in total. The Labute approximate surface area is 82.9 Å². The molecule has 0 aliphatic carbocycles. The van der Waals surface area contributed by atoms with Crippen molar-refractivity contribution in [2.45, 2.75) is 65.6 Å². The van der Waals surface area contributed by atoms with Crippen LogP contribution >= 0.6 is 0 Å². The van der Waals surface area contributed by atoms with E-state index >= 15 is 0 Å². The van der Waals surface area contributed by atoms with E-state index in [1.807, 2.05) is 0 Å². The third-order valence-corrected chi connectivity index (χ3v) is 2.37. The van der Waals surface area contributed by atoms with Crippen LogP contribution in [-0.2, 0) is 0 Å². The number of hydrogen-bond donors (Lipinski definition) is 1. The summed E-state index contributed by atoms with van der Waals surface area (Å²) in [6.07, 6.45) is 1.82. The molecular weight excluding hydrogens is 162 g/mol. The molecule has 0 fully saturated rings. The third-order valence-electron chi connectivity index (χ3n) is 2.37. The third kappa shape index (κ3) is 5.27. The van der Waals surface area contributed by atoms with Crippen molar-refractivity contribution in [3.63, 3.8) is 0 Å². The van der Waals surface area contributed by atoms with Crippen molar-refractivity contribution in [1.82, 2.24) is 4.90 Å². The van der Waals surface area contributed by atoms with Crippen LogP contribution in [0.2, 0.25) is 0 Å². The van der Waals surface area contributed by atoms with E-state index in [1.165, 1.54) is 0 Å². The fraction of sp³-hybridized carbons (Fsp3) is 1.00. The molecule has 1 unspecified atom stereocenters. The molecule has 0 radical (unpaired) electrons. The van der Waals surface area contributed by atoms with Gasteiger partial charge in [-0.1, -0.05) is 13.3 Å². The van der Waals surface area contributed by atoms with E-state index < -0.39 is 0 Å². The quantitative estimate of drug-likeness (QED) is 0.689. The normalized spacial score (nSPS) is 14.5. The molecule has 80 valence electrons. The zero-order valence-electron chi connectivity index (χ0n) is 9.75. The second-order valence-corrected chi connectivity index (χ2v) is 4.33. The van der Waals surface area contributed by atoms with Gasteiger partial charge in [0.2, 0.25) is 0 Å². The zero-order chi connectivity index (χ0) is 10.4. The minimum Gasteiger partial charge on any atom is -0.392 e. The van der Waals surface area contributed by atoms with Crippen LogP contribution in [0.15, 0.2) is 0 Å². The van der Waals surface area contributed by atoms with E-state index in [9.17, 15) is 5.11 Å². The molecule has 0 aliphatic rings. The van der Waals surface area contributed by atoms with E-state index in [-0.39, 0.29) is 6.10 Å². The van der Waals surface area contributed by atoms with Crippen LogP contribution in [0.4, 0.5) is 0 Å². The Balaban J connectivity index is 3.94. The maximum Gasteiger partial charge on any atom is 0.0667 e. The van der Waals surface area contributed by atoms with Crippen LogP contribution in [0, 0.1) is 0 Å². The summed E-state index contributed by atoms with van der Waals surface area (Å²) in [7, 11) is 0. The van der Waals surface area contributed by atoms with Gasteiger partial charge in [-0.3, -0.25) is 4.90 Å². The lowest BCUT2D eigenvalue weighted by Crippen LogP contribution is -2.42. The van der Waals surface area contributed by atoms with Gasteiger partial charge in [0.1, 0.15) is 0 Å². The molecule has 0 spiro atoms. The van der Waals surface area contributed by atoms with Gasteiger partial charge in [0.25, 0.3) is 0 Å². The van der Waals surface area contributed by atoms with Crippen molar-refractivity contribution in [3.8, 4) is 0 Å². The second-order valence-electron chi connectivity index (χ2n) is 4.33. The molecule has 0 saturated carbocycles. The van der Waals surface area contributed by atoms with Gasteiger partial charge in [-0.15, -0.1) is 0 Å². The topological polar surface area (TPSA) is 23.5 Å². The largest absolute Gasteiger partial charge is 0.392 e. The van der Waals surface area contributed by atoms with Gasteiger partial charge in [-0.25, -0.2) is 0 Å². The van der Waals surface area contributed by atoms with E-state index in [2.05, 4.69) is 39.5 Å². The molecule has 1 atom stereocenters. The van der Waals surface area contributed by atoms with Gasteiger partial charge >= 0.3 is 0 Å². The summed E-state index contributed by atoms with van der Waals surface area (Å²) < 4.78 is 0. The first-order chi connectivity index (χ1) is 5.99. The summed E-state index contributed by atoms with van der Waals surface area (Å²) in [5, 5.41) is 9.68. The zero-order valence-corrected chi connectivity index (χ0v) is 9.75. The van der Waals surface area contributed by atoms with E-state index in [4.69, 9.17) is 0 Å². The predicted octanol–water partition coefficient (Wildman–Crippen LogP) is 2.27. The fourth-order valence-electron chi connectivity index (χ4n) is 1.69. The standard InChI is InChI=1S/C11H25NO/c1-6-7-11(13)8-12(9(2)3)10(4)5/h9-11,13H,6-8H2,1-5H3. The van der Waals surface area contributed by atoms with Crippen LogP contribution < -0.4 is 0 Å². The summed E-state index contributed by atoms with van der Waals surface area (Å²) in [5.74, 6) is 0. The summed E-state index contributed by atoms with van der Waals surface area (Å²) in [5.41, 5.74) is 0. The SMILES string of the molecule is CCCC(O)CN(C(C)C)C(C)C. The smallest absolute Gasteiger partial charge is 0.0667 e. The maximum atomic E-state index is 9.68. The molecule has 0 bridgehead atoms. The molecule has 0 amide bonds. The Morgan fingerprint density at radius 2 is 1.54 bits per heavy atom. The highest BCUT2D eigenvalue weighted by Gasteiger charge is 2.16. The summed E-state index contributed by atoms with van der Waals surface area (Å²) in [4.78, 5) is 2.33.